The molecule has 0 aliphatic carbocycles. The first-order chi connectivity index (χ1) is 6.04. The molecule has 6 heteroatoms. The molecule has 0 aromatic heterocycles. The minimum absolute atomic E-state index is 0.00952. The van der Waals surface area contributed by atoms with Gasteiger partial charge >= 0.3 is 0 Å². The van der Waals surface area contributed by atoms with E-state index < -0.39 is 30.7 Å². The number of aliphatic hydroxyl groups is 4. The molecule has 0 radical (unpaired) electrons. The molecule has 0 aliphatic rings. The molecule has 0 aromatic rings. The van der Waals surface area contributed by atoms with Crippen LogP contribution in [0.2, 0.25) is 0 Å². The van der Waals surface area contributed by atoms with Gasteiger partial charge in [0.2, 0.25) is 0 Å². The average Bonchev–Trinajstić information content (AvgIpc) is 2.14. The van der Waals surface area contributed by atoms with Crippen molar-refractivity contribution in [1.29, 1.82) is 0 Å². The number of aliphatic hydroxyl groups excluding tert-OH is 4. The highest BCUT2D eigenvalue weighted by molar-refractivity contribution is 6.18. The van der Waals surface area contributed by atoms with Crippen molar-refractivity contribution in [2.45, 2.75) is 24.7 Å². The lowest BCUT2D eigenvalue weighted by Gasteiger charge is -2.17. The van der Waals surface area contributed by atoms with E-state index in [1.807, 2.05) is 0 Å². The molecule has 5 nitrogen and oxygen atoms in total. The van der Waals surface area contributed by atoms with Crippen LogP contribution in [0, 0.1) is 0 Å². The van der Waals surface area contributed by atoms with Crippen LogP contribution in [0.3, 0.4) is 0 Å². The Morgan fingerprint density at radius 3 is 2.23 bits per heavy atom. The van der Waals surface area contributed by atoms with Gasteiger partial charge < -0.3 is 20.4 Å². The van der Waals surface area contributed by atoms with Gasteiger partial charge in [-0.2, -0.15) is 0 Å². The minimum atomic E-state index is -1.76. The first kappa shape index (κ1) is 12.8. The van der Waals surface area contributed by atoms with E-state index in [-0.39, 0.29) is 12.3 Å². The number of halogens is 1. The highest BCUT2D eigenvalue weighted by Gasteiger charge is 2.28. The fourth-order valence-corrected chi connectivity index (χ4v) is 0.939. The molecule has 0 bridgehead atoms. The summed E-state index contributed by atoms with van der Waals surface area (Å²) in [5, 5.41) is 35.3. The van der Waals surface area contributed by atoms with Gasteiger partial charge in [0.15, 0.2) is 5.78 Å². The Hall–Kier alpha value is -0.200. The molecule has 0 rings (SSSR count). The van der Waals surface area contributed by atoms with E-state index in [0.29, 0.717) is 0 Å². The normalized spacial score (nSPS) is 17.9. The van der Waals surface area contributed by atoms with E-state index in [1.165, 1.54) is 0 Å². The summed E-state index contributed by atoms with van der Waals surface area (Å²) in [7, 11) is 0. The zero-order valence-electron chi connectivity index (χ0n) is 6.93. The molecule has 0 saturated carbocycles. The van der Waals surface area contributed by atoms with Crippen molar-refractivity contribution in [3.8, 4) is 0 Å². The molecule has 0 amide bonds. The second-order valence-electron chi connectivity index (χ2n) is 2.59. The van der Waals surface area contributed by atoms with Gasteiger partial charge in [-0.25, -0.2) is 0 Å². The summed E-state index contributed by atoms with van der Waals surface area (Å²) in [6.45, 7) is -0.736. The topological polar surface area (TPSA) is 98.0 Å². The van der Waals surface area contributed by atoms with Crippen molar-refractivity contribution in [1.82, 2.24) is 0 Å². The first-order valence-corrected chi connectivity index (χ1v) is 4.32. The number of rotatable bonds is 6. The Morgan fingerprint density at radius 1 is 1.31 bits per heavy atom. The molecule has 0 fully saturated rings. The van der Waals surface area contributed by atoms with Gasteiger partial charge in [-0.15, -0.1) is 11.6 Å². The van der Waals surface area contributed by atoms with E-state index in [1.54, 1.807) is 0 Å². The third-order valence-electron chi connectivity index (χ3n) is 1.55. The Bertz CT molecular complexity index is 163. The fourth-order valence-electron chi connectivity index (χ4n) is 0.732. The zero-order valence-corrected chi connectivity index (χ0v) is 7.68. The predicted molar refractivity (Wildman–Crippen MR) is 45.5 cm³/mol. The number of carbonyl (C=O) groups is 1. The van der Waals surface area contributed by atoms with Crippen molar-refractivity contribution in [3.63, 3.8) is 0 Å². The predicted octanol–water partition coefficient (Wildman–Crippen LogP) is -1.74. The summed E-state index contributed by atoms with van der Waals surface area (Å²) < 4.78 is 0. The first-order valence-electron chi connectivity index (χ1n) is 3.79. The number of carbonyl (C=O) groups excluding carboxylic acids is 1. The van der Waals surface area contributed by atoms with Crippen LogP contribution in [-0.2, 0) is 4.79 Å². The van der Waals surface area contributed by atoms with Crippen molar-refractivity contribution in [2.75, 3.05) is 12.5 Å². The summed E-state index contributed by atoms with van der Waals surface area (Å²) in [6.07, 6.45) is -4.70. The van der Waals surface area contributed by atoms with Crippen LogP contribution >= 0.6 is 11.6 Å². The van der Waals surface area contributed by atoms with Crippen LogP contribution in [0.1, 0.15) is 6.42 Å². The van der Waals surface area contributed by atoms with Crippen molar-refractivity contribution >= 4 is 17.4 Å². The number of ketones is 1. The Labute approximate surface area is 80.6 Å². The van der Waals surface area contributed by atoms with Crippen LogP contribution in [0.25, 0.3) is 0 Å². The van der Waals surface area contributed by atoms with Gasteiger partial charge in [0, 0.05) is 5.88 Å². The highest BCUT2D eigenvalue weighted by Crippen LogP contribution is 2.03. The molecule has 0 heterocycles. The molecule has 1 unspecified atom stereocenters. The molecule has 78 valence electrons. The fraction of sp³-hybridized carbons (Fsp3) is 0.857. The Balaban J connectivity index is 4.08. The van der Waals surface area contributed by atoms with Crippen molar-refractivity contribution in [2.24, 2.45) is 0 Å². The maximum atomic E-state index is 11.0. The van der Waals surface area contributed by atoms with Crippen molar-refractivity contribution < 1.29 is 25.2 Å². The molecule has 4 N–H and O–H groups in total. The summed E-state index contributed by atoms with van der Waals surface area (Å²) >= 11 is 5.25. The largest absolute Gasteiger partial charge is 0.394 e. The Morgan fingerprint density at radius 2 is 1.85 bits per heavy atom. The second-order valence-corrected chi connectivity index (χ2v) is 2.97. The van der Waals surface area contributed by atoms with E-state index >= 15 is 0 Å². The molecule has 0 spiro atoms. The van der Waals surface area contributed by atoms with E-state index in [4.69, 9.17) is 32.0 Å². The molecule has 3 atom stereocenters. The average molecular weight is 213 g/mol. The summed E-state index contributed by atoms with van der Waals surface area (Å²) in [6, 6.07) is 0. The van der Waals surface area contributed by atoms with Crippen LogP contribution < -0.4 is 0 Å². The standard InChI is InChI=1S/C7H13ClO5/c8-2-1-4(10)6(12)7(13)5(11)3-9/h4-5,7,9-11,13H,1-3H2/t4?,5-,7-/m0/s1. The van der Waals surface area contributed by atoms with Gasteiger partial charge in [0.25, 0.3) is 0 Å². The molecule has 0 saturated heterocycles. The van der Waals surface area contributed by atoms with Crippen molar-refractivity contribution in [3.05, 3.63) is 0 Å². The second kappa shape index (κ2) is 6.28. The molecular formula is C7H13ClO5. The number of alkyl halides is 1. The third-order valence-corrected chi connectivity index (χ3v) is 1.77. The van der Waals surface area contributed by atoms with Crippen LogP contribution in [0.5, 0.6) is 0 Å². The van der Waals surface area contributed by atoms with Gasteiger partial charge in [-0.3, -0.25) is 4.79 Å². The van der Waals surface area contributed by atoms with Gasteiger partial charge in [0.1, 0.15) is 18.3 Å². The lowest BCUT2D eigenvalue weighted by molar-refractivity contribution is -0.143. The summed E-state index contributed by atoms with van der Waals surface area (Å²) in [5.41, 5.74) is 0. The monoisotopic (exact) mass is 212 g/mol. The number of hydrogen-bond donors (Lipinski definition) is 4. The molecule has 0 aromatic carbocycles. The summed E-state index contributed by atoms with van der Waals surface area (Å²) in [5.74, 6) is -0.850. The third kappa shape index (κ3) is 4.02. The lowest BCUT2D eigenvalue weighted by atomic mass is 10.0. The van der Waals surface area contributed by atoms with Crippen LogP contribution in [-0.4, -0.2) is 57.0 Å². The van der Waals surface area contributed by atoms with Crippen LogP contribution in [0.4, 0.5) is 0 Å². The van der Waals surface area contributed by atoms with Gasteiger partial charge in [0.05, 0.1) is 6.61 Å². The molecule has 0 aliphatic heterocycles. The molecule has 13 heavy (non-hydrogen) atoms. The maximum absolute atomic E-state index is 11.0. The SMILES string of the molecule is O=C(C(O)CCCl)[C@@H](O)[C@@H](O)CO. The summed E-state index contributed by atoms with van der Waals surface area (Å²) in [4.78, 5) is 11.0. The zero-order chi connectivity index (χ0) is 10.4. The Kier molecular flexibility index (Phi) is 6.19. The highest BCUT2D eigenvalue weighted by atomic mass is 35.5. The quantitative estimate of drug-likeness (QED) is 0.392. The minimum Gasteiger partial charge on any atom is -0.394 e. The van der Waals surface area contributed by atoms with E-state index in [0.717, 1.165) is 0 Å². The van der Waals surface area contributed by atoms with Gasteiger partial charge in [-0.1, -0.05) is 0 Å². The van der Waals surface area contributed by atoms with E-state index in [2.05, 4.69) is 0 Å². The lowest BCUT2D eigenvalue weighted by Crippen LogP contribution is -2.42. The smallest absolute Gasteiger partial charge is 0.192 e. The van der Waals surface area contributed by atoms with Crippen LogP contribution in [0.15, 0.2) is 0 Å². The number of hydrogen-bond acceptors (Lipinski definition) is 5. The number of Topliss-reactive ketones (excluding diaryl/α,β-unsaturated/α-hetero) is 1. The van der Waals surface area contributed by atoms with E-state index in [9.17, 15) is 4.79 Å². The van der Waals surface area contributed by atoms with Gasteiger partial charge in [-0.05, 0) is 6.42 Å². The molecular weight excluding hydrogens is 200 g/mol. The maximum Gasteiger partial charge on any atom is 0.192 e.